The zero-order valence-corrected chi connectivity index (χ0v) is 23.3. The van der Waals surface area contributed by atoms with Crippen molar-refractivity contribution in [3.05, 3.63) is 75.5 Å². The minimum absolute atomic E-state index is 0.0195. The molecule has 10 nitrogen and oxygen atoms in total. The number of hydrogen-bond acceptors (Lipinski definition) is 7. The van der Waals surface area contributed by atoms with Crippen molar-refractivity contribution in [1.29, 1.82) is 0 Å². The van der Waals surface area contributed by atoms with Gasteiger partial charge in [0.05, 0.1) is 17.9 Å². The highest BCUT2D eigenvalue weighted by molar-refractivity contribution is 6.52. The minimum atomic E-state index is -3.08. The average molecular weight is 624 g/mol. The zero-order chi connectivity index (χ0) is 30.0. The number of anilines is 1. The smallest absolute Gasteiger partial charge is 0.387 e. The van der Waals surface area contributed by atoms with Crippen LogP contribution in [0.25, 0.3) is 0 Å². The maximum atomic E-state index is 13.2. The second-order valence-corrected chi connectivity index (χ2v) is 10.6. The number of aromatic nitrogens is 1. The average Bonchev–Trinajstić information content (AvgIpc) is 3.76. The summed E-state index contributed by atoms with van der Waals surface area (Å²) in [7, 11) is 0. The van der Waals surface area contributed by atoms with Crippen molar-refractivity contribution in [1.82, 2.24) is 0 Å². The van der Waals surface area contributed by atoms with Gasteiger partial charge in [-0.1, -0.05) is 29.3 Å². The predicted octanol–water partition coefficient (Wildman–Crippen LogP) is 3.84. The molecular formula is C28H25Cl2F2N3O7+2. The Kier molecular flexibility index (Phi) is 8.88. The molecule has 1 aromatic heterocycles. The van der Waals surface area contributed by atoms with Crippen LogP contribution in [0.1, 0.15) is 40.4 Å². The van der Waals surface area contributed by atoms with Gasteiger partial charge in [0, 0.05) is 24.1 Å². The van der Waals surface area contributed by atoms with Crippen molar-refractivity contribution in [2.75, 3.05) is 18.1 Å². The molecule has 1 amide bonds. The van der Waals surface area contributed by atoms with Gasteiger partial charge in [-0.3, -0.25) is 19.3 Å². The summed E-state index contributed by atoms with van der Waals surface area (Å²) in [4.78, 5) is 42.3. The lowest BCUT2D eigenvalue weighted by molar-refractivity contribution is -0.825. The summed E-state index contributed by atoms with van der Waals surface area (Å²) in [6.45, 7) is -3.38. The number of amides is 1. The number of H-pyrrole nitrogens is 1. The van der Waals surface area contributed by atoms with Gasteiger partial charge in [-0.2, -0.15) is 14.3 Å². The van der Waals surface area contributed by atoms with E-state index in [4.69, 9.17) is 32.7 Å². The highest BCUT2D eigenvalue weighted by Crippen LogP contribution is 2.38. The van der Waals surface area contributed by atoms with Crippen molar-refractivity contribution in [3.63, 3.8) is 0 Å². The van der Waals surface area contributed by atoms with Gasteiger partial charge in [-0.25, -0.2) is 10.2 Å². The molecule has 42 heavy (non-hydrogen) atoms. The van der Waals surface area contributed by atoms with Crippen molar-refractivity contribution in [2.45, 2.75) is 32.0 Å². The summed E-state index contributed by atoms with van der Waals surface area (Å²) < 4.78 is 42.4. The highest BCUT2D eigenvalue weighted by Gasteiger charge is 2.38. The molecule has 4 N–H and O–H groups in total. The maximum absolute atomic E-state index is 13.2. The summed E-state index contributed by atoms with van der Waals surface area (Å²) in [5.74, 6) is -2.44. The molecule has 0 radical (unpaired) electrons. The molecule has 2 aromatic carbocycles. The van der Waals surface area contributed by atoms with Crippen LogP contribution in [0.4, 0.5) is 20.2 Å². The van der Waals surface area contributed by atoms with Gasteiger partial charge in [0.25, 0.3) is 11.7 Å². The van der Waals surface area contributed by atoms with E-state index in [0.717, 1.165) is 23.2 Å². The van der Waals surface area contributed by atoms with E-state index >= 15 is 0 Å². The molecule has 3 aromatic rings. The number of benzene rings is 2. The molecule has 0 unspecified atom stereocenters. The zero-order valence-electron chi connectivity index (χ0n) is 21.8. The van der Waals surface area contributed by atoms with Gasteiger partial charge < -0.3 is 14.2 Å². The number of esters is 1. The number of carbonyl (C=O) groups excluding carboxylic acids is 3. The Bertz CT molecular complexity index is 1520. The molecule has 0 saturated heterocycles. The van der Waals surface area contributed by atoms with Crippen LogP contribution in [0.15, 0.2) is 48.8 Å². The summed E-state index contributed by atoms with van der Waals surface area (Å²) in [5.41, 5.74) is 2.14. The fourth-order valence-corrected chi connectivity index (χ4v) is 5.02. The van der Waals surface area contributed by atoms with E-state index in [1.165, 1.54) is 48.8 Å². The maximum Gasteiger partial charge on any atom is 0.387 e. The van der Waals surface area contributed by atoms with Gasteiger partial charge in [-0.15, -0.1) is 0 Å². The summed E-state index contributed by atoms with van der Waals surface area (Å²) in [6.07, 6.45) is 3.84. The van der Waals surface area contributed by atoms with Gasteiger partial charge >= 0.3 is 12.6 Å². The molecule has 220 valence electrons. The van der Waals surface area contributed by atoms with Crippen molar-refractivity contribution in [3.8, 4) is 11.5 Å². The van der Waals surface area contributed by atoms with Crippen LogP contribution in [0.5, 0.6) is 11.5 Å². The molecule has 0 spiro atoms. The summed E-state index contributed by atoms with van der Waals surface area (Å²) >= 11 is 12.7. The number of hydrogen-bond donors (Lipinski definition) is 2. The fourth-order valence-electron chi connectivity index (χ4n) is 4.49. The number of aromatic amines is 1. The van der Waals surface area contributed by atoms with E-state index in [2.05, 4.69) is 9.72 Å². The number of rotatable bonds is 12. The van der Waals surface area contributed by atoms with Crippen LogP contribution in [-0.4, -0.2) is 42.6 Å². The van der Waals surface area contributed by atoms with Gasteiger partial charge in [0.15, 0.2) is 29.6 Å². The Morgan fingerprint density at radius 2 is 1.83 bits per heavy atom. The number of nitrogens with zero attached hydrogens (tertiary/aromatic N) is 1. The van der Waals surface area contributed by atoms with E-state index in [9.17, 15) is 28.4 Å². The first-order chi connectivity index (χ1) is 20.1. The standard InChI is InChI=1S/C28H23Cl2F2N3O7/c29-19-10-33-11-20(30)17(19)9-23(15-3-6-22(42-28(31)32)24(7-15)40-13-14-1-2-14)41-25(36)12-35-21-5-4-16(34-39)8-18(21)26(37)27(35)38/h3-8,10-11,14,23,28,34,39H,1-2,9,12-13H2/p+2/t23-/m0/s1. The number of nitrogens with two attached hydrogens (primary N) is 1. The minimum Gasteiger partial charge on any atom is -0.489 e. The van der Waals surface area contributed by atoms with Crippen molar-refractivity contribution in [2.24, 2.45) is 5.92 Å². The second-order valence-electron chi connectivity index (χ2n) is 9.78. The topological polar surface area (TPSA) is 133 Å². The molecule has 1 fully saturated rings. The first-order valence-electron chi connectivity index (χ1n) is 12.9. The second kappa shape index (κ2) is 12.6. The third-order valence-corrected chi connectivity index (χ3v) is 7.49. The Hall–Kier alpha value is -3.84. The number of halogens is 4. The van der Waals surface area contributed by atoms with Crippen LogP contribution >= 0.6 is 23.2 Å². The fraction of sp³-hybridized carbons (Fsp3) is 0.286. The Labute approximate surface area is 248 Å². The van der Waals surface area contributed by atoms with E-state index in [-0.39, 0.29) is 39.2 Å². The molecule has 1 atom stereocenters. The highest BCUT2D eigenvalue weighted by atomic mass is 35.5. The monoisotopic (exact) mass is 623 g/mol. The summed E-state index contributed by atoms with van der Waals surface area (Å²) in [5, 5.41) is 9.78. The molecule has 1 saturated carbocycles. The predicted molar refractivity (Wildman–Crippen MR) is 143 cm³/mol. The van der Waals surface area contributed by atoms with E-state index in [1.807, 2.05) is 0 Å². The quantitative estimate of drug-likeness (QED) is 0.135. The number of alkyl halides is 2. The first-order valence-corrected chi connectivity index (χ1v) is 13.6. The lowest BCUT2D eigenvalue weighted by Crippen LogP contribution is -2.73. The third kappa shape index (κ3) is 6.62. The van der Waals surface area contributed by atoms with Gasteiger partial charge in [0.2, 0.25) is 0 Å². The van der Waals surface area contributed by atoms with Gasteiger partial charge in [-0.05, 0) is 42.5 Å². The van der Waals surface area contributed by atoms with E-state index < -0.39 is 36.9 Å². The van der Waals surface area contributed by atoms with Crippen LogP contribution in [0, 0.1) is 5.92 Å². The van der Waals surface area contributed by atoms with Crippen LogP contribution in [0.2, 0.25) is 10.0 Å². The molecule has 2 aliphatic rings. The summed E-state index contributed by atoms with van der Waals surface area (Å²) in [6, 6.07) is 8.45. The number of nitrogens with one attached hydrogen (secondary N) is 1. The van der Waals surface area contributed by atoms with Crippen molar-refractivity contribution >= 4 is 52.2 Å². The largest absolute Gasteiger partial charge is 0.489 e. The van der Waals surface area contributed by atoms with Crippen LogP contribution in [0.3, 0.4) is 0 Å². The number of carbonyl (C=O) groups is 3. The molecule has 14 heteroatoms. The van der Waals surface area contributed by atoms with E-state index in [0.29, 0.717) is 29.3 Å². The number of pyridine rings is 1. The third-order valence-electron chi connectivity index (χ3n) is 6.82. The lowest BCUT2D eigenvalue weighted by atomic mass is 10.0. The number of Topliss-reactive ketones (excluding diaryl/α,β-unsaturated/α-hetero) is 1. The number of ether oxygens (including phenoxy) is 3. The number of quaternary nitrogens is 1. The SMILES string of the molecule is O=C(CN1C(=O)C(=O)c2cc([NH2+]O)ccc21)O[C@@H](Cc1c(Cl)c[nH+]cc1Cl)c1ccc(OC(F)F)c(OCC2CC2)c1. The van der Waals surface area contributed by atoms with Crippen LogP contribution in [-0.2, 0) is 20.7 Å². The van der Waals surface area contributed by atoms with Gasteiger partial charge in [0.1, 0.15) is 22.7 Å². The Morgan fingerprint density at radius 1 is 1.10 bits per heavy atom. The number of ketones is 1. The van der Waals surface area contributed by atoms with Crippen LogP contribution < -0.4 is 24.8 Å². The molecule has 1 aliphatic heterocycles. The number of fused-ring (bicyclic) bond motifs is 1. The Morgan fingerprint density at radius 3 is 2.50 bits per heavy atom. The first kappa shape index (κ1) is 29.6. The molecule has 0 bridgehead atoms. The molecular weight excluding hydrogens is 599 g/mol. The molecule has 1 aliphatic carbocycles. The Balaban J connectivity index is 1.44. The normalized spacial score (nSPS) is 15.1. The molecule has 2 heterocycles. The lowest BCUT2D eigenvalue weighted by Gasteiger charge is -2.23. The van der Waals surface area contributed by atoms with E-state index in [1.54, 1.807) is 0 Å². The van der Waals surface area contributed by atoms with Crippen molar-refractivity contribution < 1.29 is 53.0 Å². The molecule has 5 rings (SSSR count).